The summed E-state index contributed by atoms with van der Waals surface area (Å²) in [5.41, 5.74) is 7.15. The number of benzene rings is 1. The Morgan fingerprint density at radius 3 is 2.70 bits per heavy atom. The van der Waals surface area contributed by atoms with Crippen LogP contribution in [-0.4, -0.2) is 25.8 Å². The molecular weight excluding hydrogens is 276 g/mol. The van der Waals surface area contributed by atoms with Gasteiger partial charge in [0.15, 0.2) is 0 Å². The lowest BCUT2D eigenvalue weighted by atomic mass is 10.2. The quantitative estimate of drug-likeness (QED) is 0.764. The van der Waals surface area contributed by atoms with Crippen LogP contribution in [-0.2, 0) is 21.2 Å². The van der Waals surface area contributed by atoms with Gasteiger partial charge in [-0.15, -0.1) is 0 Å². The average molecular weight is 298 g/mol. The van der Waals surface area contributed by atoms with Gasteiger partial charge in [0, 0.05) is 24.4 Å². The van der Waals surface area contributed by atoms with E-state index in [1.807, 2.05) is 25.1 Å². The molecule has 1 aromatic carbocycles. The Bertz CT molecular complexity index is 541. The van der Waals surface area contributed by atoms with Gasteiger partial charge in [0.25, 0.3) is 0 Å². The number of hydrogen-bond donors (Lipinski definition) is 2. The largest absolute Gasteiger partial charge is 0.326 e. The highest BCUT2D eigenvalue weighted by Crippen LogP contribution is 2.11. The van der Waals surface area contributed by atoms with Crippen LogP contribution in [0.4, 0.5) is 5.69 Å². The Balaban J connectivity index is 2.40. The highest BCUT2D eigenvalue weighted by Gasteiger charge is 2.10. The normalized spacial score (nSPS) is 11.3. The van der Waals surface area contributed by atoms with E-state index in [1.165, 1.54) is 0 Å². The molecule has 3 N–H and O–H groups in total. The van der Waals surface area contributed by atoms with Gasteiger partial charge in [-0.05, 0) is 30.5 Å². The Morgan fingerprint density at radius 1 is 1.30 bits per heavy atom. The van der Waals surface area contributed by atoms with Gasteiger partial charge in [0.05, 0.1) is 5.75 Å². The SMILES string of the molecule is CCCS(=O)(=O)CCCC(=O)Nc1cccc(CN)c1. The van der Waals surface area contributed by atoms with E-state index in [4.69, 9.17) is 5.73 Å². The molecule has 112 valence electrons. The standard InChI is InChI=1S/C14H22N2O3S/c1-2-8-20(18,19)9-4-7-14(17)16-13-6-3-5-12(10-13)11-15/h3,5-6,10H,2,4,7-9,11,15H2,1H3,(H,16,17). The van der Waals surface area contributed by atoms with Crippen molar-refractivity contribution in [2.75, 3.05) is 16.8 Å². The number of amides is 1. The first kappa shape index (κ1) is 16.7. The van der Waals surface area contributed by atoms with E-state index in [9.17, 15) is 13.2 Å². The van der Waals surface area contributed by atoms with Gasteiger partial charge < -0.3 is 11.1 Å². The Kier molecular flexibility index (Phi) is 6.67. The second-order valence-electron chi connectivity index (χ2n) is 4.71. The minimum Gasteiger partial charge on any atom is -0.326 e. The van der Waals surface area contributed by atoms with Gasteiger partial charge in [-0.3, -0.25) is 4.79 Å². The zero-order valence-electron chi connectivity index (χ0n) is 11.8. The fourth-order valence-electron chi connectivity index (χ4n) is 1.87. The number of carbonyl (C=O) groups is 1. The monoisotopic (exact) mass is 298 g/mol. The molecule has 0 aromatic heterocycles. The van der Waals surface area contributed by atoms with Crippen molar-refractivity contribution in [1.29, 1.82) is 0 Å². The lowest BCUT2D eigenvalue weighted by Crippen LogP contribution is -2.15. The average Bonchev–Trinajstić information content (AvgIpc) is 2.38. The number of carbonyl (C=O) groups excluding carboxylic acids is 1. The molecule has 0 spiro atoms. The molecule has 0 unspecified atom stereocenters. The molecule has 1 amide bonds. The topological polar surface area (TPSA) is 89.3 Å². The first-order valence-electron chi connectivity index (χ1n) is 6.76. The van der Waals surface area contributed by atoms with Gasteiger partial charge in [-0.1, -0.05) is 19.1 Å². The summed E-state index contributed by atoms with van der Waals surface area (Å²) < 4.78 is 23.0. The van der Waals surface area contributed by atoms with Crippen LogP contribution in [0.5, 0.6) is 0 Å². The van der Waals surface area contributed by atoms with Crippen molar-refractivity contribution >= 4 is 21.4 Å². The van der Waals surface area contributed by atoms with Crippen molar-refractivity contribution in [3.8, 4) is 0 Å². The van der Waals surface area contributed by atoms with Crippen molar-refractivity contribution in [3.63, 3.8) is 0 Å². The third-order valence-electron chi connectivity index (χ3n) is 2.82. The number of sulfone groups is 1. The summed E-state index contributed by atoms with van der Waals surface area (Å²) in [6.07, 6.45) is 1.17. The Hall–Kier alpha value is -1.40. The number of nitrogens with two attached hydrogens (primary N) is 1. The minimum absolute atomic E-state index is 0.0666. The van der Waals surface area contributed by atoms with E-state index < -0.39 is 9.84 Å². The second-order valence-corrected chi connectivity index (χ2v) is 7.01. The highest BCUT2D eigenvalue weighted by molar-refractivity contribution is 7.91. The lowest BCUT2D eigenvalue weighted by Gasteiger charge is -2.07. The summed E-state index contributed by atoms with van der Waals surface area (Å²) in [5, 5.41) is 2.75. The molecule has 20 heavy (non-hydrogen) atoms. The molecule has 6 heteroatoms. The molecule has 1 rings (SSSR count). The van der Waals surface area contributed by atoms with Crippen LogP contribution in [0.2, 0.25) is 0 Å². The van der Waals surface area contributed by atoms with E-state index in [0.717, 1.165) is 5.56 Å². The molecule has 1 aromatic rings. The molecule has 0 atom stereocenters. The number of nitrogens with one attached hydrogen (secondary N) is 1. The summed E-state index contributed by atoms with van der Waals surface area (Å²) in [6, 6.07) is 7.30. The summed E-state index contributed by atoms with van der Waals surface area (Å²) in [6.45, 7) is 2.24. The molecule has 0 bridgehead atoms. The summed E-state index contributed by atoms with van der Waals surface area (Å²) in [5.74, 6) is 0.0791. The van der Waals surface area contributed by atoms with E-state index in [1.54, 1.807) is 6.07 Å². The van der Waals surface area contributed by atoms with Gasteiger partial charge in [-0.25, -0.2) is 8.42 Å². The van der Waals surface area contributed by atoms with E-state index in [2.05, 4.69) is 5.32 Å². The predicted octanol–water partition coefficient (Wildman–Crippen LogP) is 1.69. The number of rotatable bonds is 8. The van der Waals surface area contributed by atoms with Gasteiger partial charge in [0.2, 0.25) is 5.91 Å². The Labute approximate surface area is 120 Å². The summed E-state index contributed by atoms with van der Waals surface area (Å²) in [4.78, 5) is 11.7. The molecule has 0 aliphatic heterocycles. The van der Waals surface area contributed by atoms with E-state index in [0.29, 0.717) is 25.1 Å². The number of anilines is 1. The molecule has 0 aliphatic rings. The molecule has 0 radical (unpaired) electrons. The van der Waals surface area contributed by atoms with Gasteiger partial charge >= 0.3 is 0 Å². The van der Waals surface area contributed by atoms with Crippen molar-refractivity contribution in [2.24, 2.45) is 5.73 Å². The smallest absolute Gasteiger partial charge is 0.224 e. The lowest BCUT2D eigenvalue weighted by molar-refractivity contribution is -0.116. The van der Waals surface area contributed by atoms with Crippen LogP contribution in [0, 0.1) is 0 Å². The van der Waals surface area contributed by atoms with Crippen LogP contribution in [0.1, 0.15) is 31.7 Å². The van der Waals surface area contributed by atoms with E-state index in [-0.39, 0.29) is 23.8 Å². The first-order chi connectivity index (χ1) is 9.46. The predicted molar refractivity (Wildman–Crippen MR) is 81.1 cm³/mol. The zero-order valence-corrected chi connectivity index (χ0v) is 12.6. The molecule has 0 aliphatic carbocycles. The zero-order chi connectivity index (χ0) is 15.0. The van der Waals surface area contributed by atoms with Crippen molar-refractivity contribution in [3.05, 3.63) is 29.8 Å². The van der Waals surface area contributed by atoms with Crippen LogP contribution < -0.4 is 11.1 Å². The molecular formula is C14H22N2O3S. The van der Waals surface area contributed by atoms with Crippen LogP contribution in [0.15, 0.2) is 24.3 Å². The van der Waals surface area contributed by atoms with Gasteiger partial charge in [0.1, 0.15) is 9.84 Å². The fourth-order valence-corrected chi connectivity index (χ4v) is 3.28. The van der Waals surface area contributed by atoms with Gasteiger partial charge in [-0.2, -0.15) is 0 Å². The molecule has 0 fully saturated rings. The summed E-state index contributed by atoms with van der Waals surface area (Å²) >= 11 is 0. The van der Waals surface area contributed by atoms with Crippen molar-refractivity contribution in [1.82, 2.24) is 0 Å². The maximum atomic E-state index is 11.7. The van der Waals surface area contributed by atoms with Crippen molar-refractivity contribution in [2.45, 2.75) is 32.7 Å². The Morgan fingerprint density at radius 2 is 2.05 bits per heavy atom. The second kappa shape index (κ2) is 8.01. The third kappa shape index (κ3) is 6.16. The highest BCUT2D eigenvalue weighted by atomic mass is 32.2. The molecule has 5 nitrogen and oxygen atoms in total. The molecule has 0 saturated carbocycles. The fraction of sp³-hybridized carbons (Fsp3) is 0.500. The van der Waals surface area contributed by atoms with E-state index >= 15 is 0 Å². The minimum atomic E-state index is -3.01. The third-order valence-corrected chi connectivity index (χ3v) is 4.76. The molecule has 0 saturated heterocycles. The maximum Gasteiger partial charge on any atom is 0.224 e. The van der Waals surface area contributed by atoms with Crippen LogP contribution >= 0.6 is 0 Å². The number of hydrogen-bond acceptors (Lipinski definition) is 4. The maximum absolute atomic E-state index is 11.7. The summed E-state index contributed by atoms with van der Waals surface area (Å²) in [7, 11) is -3.01. The molecule has 0 heterocycles. The van der Waals surface area contributed by atoms with Crippen LogP contribution in [0.3, 0.4) is 0 Å². The first-order valence-corrected chi connectivity index (χ1v) is 8.58. The van der Waals surface area contributed by atoms with Crippen molar-refractivity contribution < 1.29 is 13.2 Å². The van der Waals surface area contributed by atoms with Crippen LogP contribution in [0.25, 0.3) is 0 Å².